The third-order valence-corrected chi connectivity index (χ3v) is 4.65. The van der Waals surface area contributed by atoms with Crippen molar-refractivity contribution < 1.29 is 0 Å². The quantitative estimate of drug-likeness (QED) is 0.455. The summed E-state index contributed by atoms with van der Waals surface area (Å²) in [4.78, 5) is 4.63. The second kappa shape index (κ2) is 10.5. The summed E-state index contributed by atoms with van der Waals surface area (Å²) in [6.07, 6.45) is 9.77. The highest BCUT2D eigenvalue weighted by molar-refractivity contribution is 6.30. The van der Waals surface area contributed by atoms with E-state index in [9.17, 15) is 0 Å². The Morgan fingerprint density at radius 3 is 2.40 bits per heavy atom. The van der Waals surface area contributed by atoms with Crippen LogP contribution in [-0.4, -0.2) is 16.1 Å². The first-order valence-electron chi connectivity index (χ1n) is 9.67. The number of rotatable bonds is 11. The van der Waals surface area contributed by atoms with Crippen molar-refractivity contribution in [2.75, 3.05) is 11.9 Å². The molecule has 138 valence electrons. The average Bonchev–Trinajstić information content (AvgIpc) is 2.99. The molecule has 0 unspecified atom stereocenters. The van der Waals surface area contributed by atoms with E-state index < -0.39 is 0 Å². The lowest BCUT2D eigenvalue weighted by molar-refractivity contribution is 0.560. The van der Waals surface area contributed by atoms with Gasteiger partial charge in [-0.05, 0) is 30.0 Å². The topological polar surface area (TPSA) is 29.9 Å². The van der Waals surface area contributed by atoms with Gasteiger partial charge in [0.15, 0.2) is 0 Å². The van der Waals surface area contributed by atoms with Gasteiger partial charge in [0.05, 0.1) is 11.9 Å². The molecule has 0 aliphatic heterocycles. The summed E-state index contributed by atoms with van der Waals surface area (Å²) in [6, 6.07) is 8.03. The molecule has 0 fully saturated rings. The summed E-state index contributed by atoms with van der Waals surface area (Å²) in [6.45, 7) is 8.64. The molecule has 0 radical (unpaired) electrons. The Kier molecular flexibility index (Phi) is 8.33. The minimum Gasteiger partial charge on any atom is -0.355 e. The maximum Gasteiger partial charge on any atom is 0.203 e. The summed E-state index contributed by atoms with van der Waals surface area (Å²) in [7, 11) is 0. The summed E-state index contributed by atoms with van der Waals surface area (Å²) in [5.41, 5.74) is 2.33. The zero-order valence-electron chi connectivity index (χ0n) is 15.9. The van der Waals surface area contributed by atoms with Crippen molar-refractivity contribution in [2.24, 2.45) is 5.92 Å². The third-order valence-electron chi connectivity index (χ3n) is 4.40. The number of aromatic nitrogens is 2. The fourth-order valence-electron chi connectivity index (χ4n) is 2.94. The van der Waals surface area contributed by atoms with Gasteiger partial charge in [0.2, 0.25) is 5.95 Å². The van der Waals surface area contributed by atoms with Crippen LogP contribution in [0.4, 0.5) is 5.95 Å². The van der Waals surface area contributed by atoms with Crippen molar-refractivity contribution >= 4 is 17.5 Å². The average molecular weight is 362 g/mol. The van der Waals surface area contributed by atoms with Gasteiger partial charge in [-0.15, -0.1) is 0 Å². The van der Waals surface area contributed by atoms with E-state index in [0.29, 0.717) is 5.92 Å². The zero-order chi connectivity index (χ0) is 18.1. The summed E-state index contributed by atoms with van der Waals surface area (Å²) < 4.78 is 2.32. The maximum absolute atomic E-state index is 6.04. The van der Waals surface area contributed by atoms with E-state index in [0.717, 1.165) is 29.8 Å². The molecule has 0 saturated carbocycles. The number of nitrogens with zero attached hydrogens (tertiary/aromatic N) is 2. The summed E-state index contributed by atoms with van der Waals surface area (Å²) in [5.74, 6) is 1.57. The third kappa shape index (κ3) is 6.39. The molecule has 3 nitrogen and oxygen atoms in total. The van der Waals surface area contributed by atoms with Crippen LogP contribution < -0.4 is 5.32 Å². The Balaban J connectivity index is 2.08. The lowest BCUT2D eigenvalue weighted by Crippen LogP contribution is -2.13. The molecule has 0 aliphatic rings. The normalized spacial score (nSPS) is 11.2. The van der Waals surface area contributed by atoms with Gasteiger partial charge in [-0.1, -0.05) is 76.6 Å². The SMILES string of the molecule is CCCCCCCCn1c(-c2ccc(Cl)cc2)cnc1NCC(C)C. The number of nitrogens with one attached hydrogen (secondary N) is 1. The second-order valence-corrected chi connectivity index (χ2v) is 7.60. The maximum atomic E-state index is 6.04. The molecule has 0 bridgehead atoms. The van der Waals surface area contributed by atoms with Crippen LogP contribution in [0, 0.1) is 5.92 Å². The molecule has 1 N–H and O–H groups in total. The van der Waals surface area contributed by atoms with Gasteiger partial charge in [0.25, 0.3) is 0 Å². The highest BCUT2D eigenvalue weighted by Gasteiger charge is 2.12. The summed E-state index contributed by atoms with van der Waals surface area (Å²) in [5, 5.41) is 4.27. The largest absolute Gasteiger partial charge is 0.355 e. The van der Waals surface area contributed by atoms with E-state index in [1.54, 1.807) is 0 Å². The molecular weight excluding hydrogens is 330 g/mol. The number of benzene rings is 1. The van der Waals surface area contributed by atoms with E-state index in [4.69, 9.17) is 11.6 Å². The molecule has 1 aromatic heterocycles. The molecule has 2 rings (SSSR count). The van der Waals surface area contributed by atoms with Gasteiger partial charge in [0, 0.05) is 18.1 Å². The molecule has 1 heterocycles. The lowest BCUT2D eigenvalue weighted by atomic mass is 10.1. The fraction of sp³-hybridized carbons (Fsp3) is 0.571. The molecule has 0 spiro atoms. The van der Waals surface area contributed by atoms with Crippen molar-refractivity contribution in [3.05, 3.63) is 35.5 Å². The molecule has 1 aromatic carbocycles. The van der Waals surface area contributed by atoms with Crippen LogP contribution in [0.5, 0.6) is 0 Å². The van der Waals surface area contributed by atoms with Gasteiger partial charge in [0.1, 0.15) is 0 Å². The Morgan fingerprint density at radius 2 is 1.72 bits per heavy atom. The van der Waals surface area contributed by atoms with Crippen molar-refractivity contribution in [1.82, 2.24) is 9.55 Å². The van der Waals surface area contributed by atoms with Crippen LogP contribution in [0.1, 0.15) is 59.3 Å². The van der Waals surface area contributed by atoms with Crippen LogP contribution >= 0.6 is 11.6 Å². The number of unbranched alkanes of at least 4 members (excludes halogenated alkanes) is 5. The standard InChI is InChI=1S/C21H32ClN3/c1-4-5-6-7-8-9-14-25-20(18-10-12-19(22)13-11-18)16-24-21(25)23-15-17(2)3/h10-13,16-17H,4-9,14-15H2,1-3H3,(H,23,24). The first kappa shape index (κ1) is 19.8. The van der Waals surface area contributed by atoms with Gasteiger partial charge >= 0.3 is 0 Å². The lowest BCUT2D eigenvalue weighted by Gasteiger charge is -2.14. The predicted octanol–water partition coefficient (Wildman–Crippen LogP) is 6.63. The van der Waals surface area contributed by atoms with Crippen molar-refractivity contribution in [2.45, 2.75) is 65.8 Å². The van der Waals surface area contributed by atoms with Gasteiger partial charge < -0.3 is 9.88 Å². The Bertz CT molecular complexity index is 617. The highest BCUT2D eigenvalue weighted by atomic mass is 35.5. The molecule has 0 saturated heterocycles. The Morgan fingerprint density at radius 1 is 1.04 bits per heavy atom. The molecule has 0 atom stereocenters. The molecule has 25 heavy (non-hydrogen) atoms. The van der Waals surface area contributed by atoms with E-state index in [-0.39, 0.29) is 0 Å². The molecule has 2 aromatic rings. The molecule has 4 heteroatoms. The Labute approximate surface area is 157 Å². The minimum atomic E-state index is 0.596. The van der Waals surface area contributed by atoms with Crippen LogP contribution in [0.2, 0.25) is 5.02 Å². The zero-order valence-corrected chi connectivity index (χ0v) is 16.6. The monoisotopic (exact) mass is 361 g/mol. The number of halogens is 1. The second-order valence-electron chi connectivity index (χ2n) is 7.17. The van der Waals surface area contributed by atoms with Gasteiger partial charge in [-0.25, -0.2) is 4.98 Å². The van der Waals surface area contributed by atoms with Crippen molar-refractivity contribution in [3.8, 4) is 11.3 Å². The fourth-order valence-corrected chi connectivity index (χ4v) is 3.07. The van der Waals surface area contributed by atoms with Crippen LogP contribution in [0.3, 0.4) is 0 Å². The molecule has 0 aliphatic carbocycles. The Hall–Kier alpha value is -1.48. The number of anilines is 1. The smallest absolute Gasteiger partial charge is 0.203 e. The van der Waals surface area contributed by atoms with E-state index in [1.165, 1.54) is 44.1 Å². The van der Waals surface area contributed by atoms with E-state index >= 15 is 0 Å². The molecular formula is C21H32ClN3. The van der Waals surface area contributed by atoms with Crippen LogP contribution in [-0.2, 0) is 6.54 Å². The first-order valence-corrected chi connectivity index (χ1v) is 10.0. The van der Waals surface area contributed by atoms with Gasteiger partial charge in [-0.3, -0.25) is 0 Å². The van der Waals surface area contributed by atoms with E-state index in [1.807, 2.05) is 18.3 Å². The van der Waals surface area contributed by atoms with Crippen molar-refractivity contribution in [1.29, 1.82) is 0 Å². The summed E-state index contributed by atoms with van der Waals surface area (Å²) >= 11 is 6.04. The number of hydrogen-bond acceptors (Lipinski definition) is 2. The number of hydrogen-bond donors (Lipinski definition) is 1. The first-order chi connectivity index (χ1) is 12.1. The number of imidazole rings is 1. The van der Waals surface area contributed by atoms with Crippen LogP contribution in [0.15, 0.2) is 30.5 Å². The van der Waals surface area contributed by atoms with Crippen LogP contribution in [0.25, 0.3) is 11.3 Å². The molecule has 0 amide bonds. The van der Waals surface area contributed by atoms with Gasteiger partial charge in [-0.2, -0.15) is 0 Å². The van der Waals surface area contributed by atoms with Crippen molar-refractivity contribution in [3.63, 3.8) is 0 Å². The van der Waals surface area contributed by atoms with E-state index in [2.05, 4.69) is 47.8 Å². The minimum absolute atomic E-state index is 0.596. The highest BCUT2D eigenvalue weighted by Crippen LogP contribution is 2.25. The predicted molar refractivity (Wildman–Crippen MR) is 109 cm³/mol.